The highest BCUT2D eigenvalue weighted by Crippen LogP contribution is 2.34. The van der Waals surface area contributed by atoms with Crippen molar-refractivity contribution >= 4 is 17.3 Å². The van der Waals surface area contributed by atoms with Crippen molar-refractivity contribution in [3.63, 3.8) is 0 Å². The molecule has 0 bridgehead atoms. The predicted octanol–water partition coefficient (Wildman–Crippen LogP) is 2.26. The first-order valence-electron chi connectivity index (χ1n) is 6.36. The lowest BCUT2D eigenvalue weighted by Crippen LogP contribution is -2.39. The van der Waals surface area contributed by atoms with Crippen LogP contribution in [0.4, 0.5) is 5.69 Å². The first-order valence-corrected chi connectivity index (χ1v) is 6.36. The molecule has 4 nitrogen and oxygen atoms in total. The molecule has 2 atom stereocenters. The monoisotopic (exact) mass is 264 g/mol. The molecular weight excluding hydrogens is 252 g/mol. The summed E-state index contributed by atoms with van der Waals surface area (Å²) in [6.45, 7) is 1.43. The fraction of sp³-hybridized carbons (Fsp3) is 0.188. The zero-order valence-corrected chi connectivity index (χ0v) is 10.9. The predicted molar refractivity (Wildman–Crippen MR) is 74.1 cm³/mol. The van der Waals surface area contributed by atoms with E-state index in [1.54, 1.807) is 18.2 Å². The lowest BCUT2D eigenvalue weighted by molar-refractivity contribution is -0.113. The smallest absolute Gasteiger partial charge is 0.174 e. The lowest BCUT2D eigenvalue weighted by atomic mass is 9.79. The number of para-hydroxylation sites is 1. The Hall–Kier alpha value is -2.67. The standard InChI is InChI=1S/C16H12N2O2/c1-9(19)12-7-15-13(6-10(12)8-17)16(20)11-4-2-3-5-14(11)18-15/h2-7,13,15,18H,1H3. The average Bonchev–Trinajstić information content (AvgIpc) is 2.46. The molecule has 1 aliphatic carbocycles. The van der Waals surface area contributed by atoms with E-state index in [1.807, 2.05) is 24.3 Å². The van der Waals surface area contributed by atoms with Gasteiger partial charge < -0.3 is 5.32 Å². The molecule has 0 fully saturated rings. The van der Waals surface area contributed by atoms with E-state index in [1.165, 1.54) is 6.92 Å². The molecule has 1 aliphatic heterocycles. The number of Topliss-reactive ketones (excluding diaryl/α,β-unsaturated/α-hetero) is 2. The molecule has 3 rings (SSSR count). The average molecular weight is 264 g/mol. The number of nitrogens with one attached hydrogen (secondary N) is 1. The normalized spacial score (nSPS) is 23.5. The highest BCUT2D eigenvalue weighted by atomic mass is 16.1. The fourth-order valence-corrected chi connectivity index (χ4v) is 2.70. The van der Waals surface area contributed by atoms with Gasteiger partial charge in [-0.3, -0.25) is 9.59 Å². The van der Waals surface area contributed by atoms with E-state index >= 15 is 0 Å². The van der Waals surface area contributed by atoms with Gasteiger partial charge >= 0.3 is 0 Å². The number of allylic oxidation sites excluding steroid dienone is 2. The van der Waals surface area contributed by atoms with Crippen LogP contribution in [0.1, 0.15) is 17.3 Å². The Bertz CT molecular complexity index is 722. The molecule has 0 spiro atoms. The Morgan fingerprint density at radius 2 is 2.05 bits per heavy atom. The SMILES string of the molecule is CC(=O)C1=CC2Nc3ccccc3C(=O)C2C=C1C#N. The maximum atomic E-state index is 12.5. The van der Waals surface area contributed by atoms with Crippen molar-refractivity contribution in [2.24, 2.45) is 5.92 Å². The number of carbonyl (C=O) groups excluding carboxylic acids is 2. The molecule has 0 saturated heterocycles. The van der Waals surface area contributed by atoms with Gasteiger partial charge in [0.2, 0.25) is 0 Å². The van der Waals surface area contributed by atoms with Crippen LogP contribution in [0.3, 0.4) is 0 Å². The number of hydrogen-bond acceptors (Lipinski definition) is 4. The summed E-state index contributed by atoms with van der Waals surface area (Å²) < 4.78 is 0. The number of ketones is 2. The zero-order valence-electron chi connectivity index (χ0n) is 10.9. The third kappa shape index (κ3) is 1.76. The third-order valence-electron chi connectivity index (χ3n) is 3.69. The van der Waals surface area contributed by atoms with Crippen LogP contribution in [0, 0.1) is 17.2 Å². The van der Waals surface area contributed by atoms with Gasteiger partial charge in [-0.2, -0.15) is 5.26 Å². The van der Waals surface area contributed by atoms with Crippen LogP contribution in [0.25, 0.3) is 0 Å². The van der Waals surface area contributed by atoms with Crippen LogP contribution in [-0.4, -0.2) is 17.6 Å². The van der Waals surface area contributed by atoms with Crippen molar-refractivity contribution in [2.45, 2.75) is 13.0 Å². The highest BCUT2D eigenvalue weighted by Gasteiger charge is 2.36. The van der Waals surface area contributed by atoms with Gasteiger partial charge in [-0.1, -0.05) is 18.2 Å². The Kier molecular flexibility index (Phi) is 2.76. The van der Waals surface area contributed by atoms with Gasteiger partial charge in [-0.05, 0) is 25.1 Å². The number of carbonyl (C=O) groups is 2. The summed E-state index contributed by atoms with van der Waals surface area (Å²) in [7, 11) is 0. The van der Waals surface area contributed by atoms with Gasteiger partial charge in [0.25, 0.3) is 0 Å². The first kappa shape index (κ1) is 12.4. The van der Waals surface area contributed by atoms with E-state index in [0.29, 0.717) is 11.1 Å². The minimum atomic E-state index is -0.428. The number of fused-ring (bicyclic) bond motifs is 2. The van der Waals surface area contributed by atoms with E-state index in [2.05, 4.69) is 5.32 Å². The second-order valence-electron chi connectivity index (χ2n) is 4.93. The Morgan fingerprint density at radius 1 is 1.30 bits per heavy atom. The summed E-state index contributed by atoms with van der Waals surface area (Å²) in [4.78, 5) is 24.1. The Morgan fingerprint density at radius 3 is 2.75 bits per heavy atom. The van der Waals surface area contributed by atoms with Crippen LogP contribution >= 0.6 is 0 Å². The van der Waals surface area contributed by atoms with E-state index in [9.17, 15) is 9.59 Å². The third-order valence-corrected chi connectivity index (χ3v) is 3.69. The summed E-state index contributed by atoms with van der Waals surface area (Å²) in [6.07, 6.45) is 3.30. The second-order valence-corrected chi connectivity index (χ2v) is 4.93. The van der Waals surface area contributed by atoms with Crippen LogP contribution in [-0.2, 0) is 4.79 Å². The van der Waals surface area contributed by atoms with Gasteiger partial charge in [0, 0.05) is 16.8 Å². The molecular formula is C16H12N2O2. The van der Waals surface area contributed by atoms with Crippen molar-refractivity contribution in [2.75, 3.05) is 5.32 Å². The summed E-state index contributed by atoms with van der Waals surface area (Å²) in [5.41, 5.74) is 2.07. The molecule has 0 radical (unpaired) electrons. The molecule has 1 aromatic rings. The maximum Gasteiger partial charge on any atom is 0.174 e. The minimum Gasteiger partial charge on any atom is -0.377 e. The van der Waals surface area contributed by atoms with Crippen molar-refractivity contribution in [1.29, 1.82) is 5.26 Å². The van der Waals surface area contributed by atoms with Gasteiger partial charge in [-0.15, -0.1) is 0 Å². The van der Waals surface area contributed by atoms with Crippen LogP contribution < -0.4 is 5.32 Å². The largest absolute Gasteiger partial charge is 0.377 e. The summed E-state index contributed by atoms with van der Waals surface area (Å²) >= 11 is 0. The molecule has 20 heavy (non-hydrogen) atoms. The molecule has 0 amide bonds. The first-order chi connectivity index (χ1) is 9.61. The van der Waals surface area contributed by atoms with Crippen molar-refractivity contribution in [3.05, 3.63) is 53.1 Å². The van der Waals surface area contributed by atoms with Gasteiger partial charge in [0.15, 0.2) is 11.6 Å². The van der Waals surface area contributed by atoms with Crippen LogP contribution in [0.2, 0.25) is 0 Å². The second kappa shape index (κ2) is 4.46. The quantitative estimate of drug-likeness (QED) is 0.844. The lowest BCUT2D eigenvalue weighted by Gasteiger charge is -2.33. The molecule has 0 saturated carbocycles. The van der Waals surface area contributed by atoms with Gasteiger partial charge in [0.05, 0.1) is 23.6 Å². The summed E-state index contributed by atoms with van der Waals surface area (Å²) in [5.74, 6) is -0.608. The van der Waals surface area contributed by atoms with Crippen LogP contribution in [0.15, 0.2) is 47.6 Å². The highest BCUT2D eigenvalue weighted by molar-refractivity contribution is 6.08. The fourth-order valence-electron chi connectivity index (χ4n) is 2.70. The summed E-state index contributed by atoms with van der Waals surface area (Å²) in [6, 6.07) is 9.01. The van der Waals surface area contributed by atoms with Crippen molar-refractivity contribution in [3.8, 4) is 6.07 Å². The van der Waals surface area contributed by atoms with Gasteiger partial charge in [-0.25, -0.2) is 0 Å². The molecule has 1 heterocycles. The number of rotatable bonds is 1. The number of nitrogens with zero attached hydrogens (tertiary/aromatic N) is 1. The molecule has 2 unspecified atom stereocenters. The molecule has 98 valence electrons. The van der Waals surface area contributed by atoms with Crippen LogP contribution in [0.5, 0.6) is 0 Å². The van der Waals surface area contributed by atoms with E-state index in [4.69, 9.17) is 5.26 Å². The van der Waals surface area contributed by atoms with E-state index < -0.39 is 5.92 Å². The van der Waals surface area contributed by atoms with Crippen molar-refractivity contribution < 1.29 is 9.59 Å². The zero-order chi connectivity index (χ0) is 14.3. The molecule has 1 aromatic carbocycles. The van der Waals surface area contributed by atoms with Gasteiger partial charge in [0.1, 0.15) is 0 Å². The minimum absolute atomic E-state index is 0.0176. The van der Waals surface area contributed by atoms with Crippen molar-refractivity contribution in [1.82, 2.24) is 0 Å². The number of benzene rings is 1. The summed E-state index contributed by atoms with van der Waals surface area (Å²) in [5, 5.41) is 12.4. The topological polar surface area (TPSA) is 70.0 Å². The number of hydrogen-bond donors (Lipinski definition) is 1. The number of anilines is 1. The maximum absolute atomic E-state index is 12.5. The van der Waals surface area contributed by atoms with E-state index in [-0.39, 0.29) is 23.2 Å². The Labute approximate surface area is 116 Å². The Balaban J connectivity index is 2.10. The molecule has 1 N–H and O–H groups in total. The molecule has 4 heteroatoms. The van der Waals surface area contributed by atoms with E-state index in [0.717, 1.165) is 5.69 Å². The number of nitriles is 1. The molecule has 0 aromatic heterocycles. The molecule has 2 aliphatic rings.